The number of aliphatic carboxylic acids is 1. The maximum absolute atomic E-state index is 11.4. The van der Waals surface area contributed by atoms with E-state index >= 15 is 0 Å². The third-order valence-electron chi connectivity index (χ3n) is 5.25. The number of hydrogen-bond acceptors (Lipinski definition) is 4. The van der Waals surface area contributed by atoms with E-state index in [9.17, 15) is 14.5 Å². The molecule has 0 saturated heterocycles. The summed E-state index contributed by atoms with van der Waals surface area (Å²) in [5.41, 5.74) is -0.0722. The summed E-state index contributed by atoms with van der Waals surface area (Å²) < 4.78 is 0. The summed E-state index contributed by atoms with van der Waals surface area (Å²) in [5.74, 6) is -1.04. The van der Waals surface area contributed by atoms with Crippen molar-refractivity contribution in [1.29, 1.82) is 0 Å². The van der Waals surface area contributed by atoms with Crippen LogP contribution in [0.4, 0.5) is 0 Å². The van der Waals surface area contributed by atoms with Gasteiger partial charge in [-0.3, -0.25) is 4.79 Å². The highest BCUT2D eigenvalue weighted by Gasteiger charge is 2.17. The molecule has 0 unspecified atom stereocenters. The highest BCUT2D eigenvalue weighted by atomic mass is 32.2. The Kier molecular flexibility index (Phi) is 19.3. The number of amides is 1. The average molecular weight is 428 g/mol. The zero-order valence-corrected chi connectivity index (χ0v) is 19.4. The number of nitroso groups, excluding NO2 is 1. The van der Waals surface area contributed by atoms with Crippen LogP contribution in [-0.2, 0) is 9.59 Å². The first-order valence-corrected chi connectivity index (χ1v) is 12.6. The van der Waals surface area contributed by atoms with E-state index in [1.165, 1.54) is 102 Å². The van der Waals surface area contributed by atoms with E-state index in [0.717, 1.165) is 18.6 Å². The Balaban J connectivity index is 3.51. The maximum atomic E-state index is 11.4. The van der Waals surface area contributed by atoms with Crippen LogP contribution in [0.1, 0.15) is 110 Å². The second-order valence-corrected chi connectivity index (χ2v) is 8.91. The molecule has 0 aliphatic heterocycles. The number of nitrogens with zero attached hydrogens (tertiary/aromatic N) is 1. The van der Waals surface area contributed by atoms with Gasteiger partial charge in [0.2, 0.25) is 0 Å². The number of carboxylic acid groups (broad SMARTS) is 1. The number of rotatable bonds is 20. The topological polar surface area (TPSA) is 83.8 Å². The summed E-state index contributed by atoms with van der Waals surface area (Å²) in [7, 11) is 0. The molecule has 5 nitrogen and oxygen atoms in total. The Labute approximate surface area is 181 Å². The third kappa shape index (κ3) is 16.3. The standard InChI is InChI=1S/C23H41NO4S/c1-3-4-5-6-7-8-9-10-11-12-13-14-15-16-17-18-29-19-21(22(25)24-28)20(2)23(26)27/h3-19H2,1-2H3,(H,26,27)/b21-20-. The molecule has 6 heteroatoms. The molecule has 0 atom stereocenters. The minimum atomic E-state index is -1.18. The maximum Gasteiger partial charge on any atom is 0.331 e. The highest BCUT2D eigenvalue weighted by molar-refractivity contribution is 7.99. The van der Waals surface area contributed by atoms with Crippen molar-refractivity contribution in [3.63, 3.8) is 0 Å². The quantitative estimate of drug-likeness (QED) is 0.125. The van der Waals surface area contributed by atoms with Crippen LogP contribution >= 0.6 is 11.8 Å². The van der Waals surface area contributed by atoms with Crippen molar-refractivity contribution >= 4 is 23.6 Å². The molecule has 1 N–H and O–H groups in total. The van der Waals surface area contributed by atoms with Crippen LogP contribution in [0.2, 0.25) is 0 Å². The zero-order valence-electron chi connectivity index (χ0n) is 18.5. The predicted molar refractivity (Wildman–Crippen MR) is 123 cm³/mol. The minimum Gasteiger partial charge on any atom is -0.478 e. The molecule has 0 heterocycles. The molecule has 0 aliphatic carbocycles. The molecule has 29 heavy (non-hydrogen) atoms. The smallest absolute Gasteiger partial charge is 0.331 e. The van der Waals surface area contributed by atoms with Gasteiger partial charge in [0.25, 0.3) is 0 Å². The Morgan fingerprint density at radius 1 is 0.759 bits per heavy atom. The van der Waals surface area contributed by atoms with E-state index in [-0.39, 0.29) is 16.9 Å². The van der Waals surface area contributed by atoms with E-state index in [4.69, 9.17) is 5.11 Å². The molecule has 168 valence electrons. The molecular formula is C23H41NO4S. The van der Waals surface area contributed by atoms with Gasteiger partial charge in [-0.05, 0) is 19.1 Å². The molecule has 0 radical (unpaired) electrons. The van der Waals surface area contributed by atoms with Crippen LogP contribution in [0, 0.1) is 4.91 Å². The molecule has 1 amide bonds. The van der Waals surface area contributed by atoms with E-state index in [2.05, 4.69) is 12.1 Å². The second kappa shape index (κ2) is 20.1. The Hall–Kier alpha value is -1.17. The van der Waals surface area contributed by atoms with Crippen LogP contribution < -0.4 is 0 Å². The monoisotopic (exact) mass is 427 g/mol. The molecule has 0 saturated carbocycles. The lowest BCUT2D eigenvalue weighted by Crippen LogP contribution is -2.10. The van der Waals surface area contributed by atoms with Gasteiger partial charge in [-0.1, -0.05) is 96.8 Å². The predicted octanol–water partition coefficient (Wildman–Crippen LogP) is 7.29. The van der Waals surface area contributed by atoms with Crippen LogP contribution in [0.25, 0.3) is 0 Å². The van der Waals surface area contributed by atoms with Gasteiger partial charge < -0.3 is 5.11 Å². The van der Waals surface area contributed by atoms with Gasteiger partial charge >= 0.3 is 11.9 Å². The molecule has 0 rings (SSSR count). The molecule has 0 aromatic carbocycles. The summed E-state index contributed by atoms with van der Waals surface area (Å²) >= 11 is 1.50. The van der Waals surface area contributed by atoms with Crippen LogP contribution in [0.3, 0.4) is 0 Å². The van der Waals surface area contributed by atoms with Crippen LogP contribution in [0.15, 0.2) is 16.3 Å². The van der Waals surface area contributed by atoms with Crippen molar-refractivity contribution in [2.24, 2.45) is 5.18 Å². The number of carbonyl (C=O) groups excluding carboxylic acids is 1. The lowest BCUT2D eigenvalue weighted by atomic mass is 10.0. The number of thioether (sulfide) groups is 1. The van der Waals surface area contributed by atoms with Crippen molar-refractivity contribution in [3.8, 4) is 0 Å². The molecule has 0 aliphatic rings. The molecule has 0 aromatic heterocycles. The van der Waals surface area contributed by atoms with E-state index in [0.29, 0.717) is 0 Å². The van der Waals surface area contributed by atoms with Crippen LogP contribution in [-0.4, -0.2) is 28.5 Å². The number of carboxylic acids is 1. The van der Waals surface area contributed by atoms with Crippen molar-refractivity contribution in [3.05, 3.63) is 16.1 Å². The Morgan fingerprint density at radius 3 is 1.55 bits per heavy atom. The third-order valence-corrected chi connectivity index (χ3v) is 6.32. The first kappa shape index (κ1) is 27.8. The first-order valence-electron chi connectivity index (χ1n) is 11.4. The fourth-order valence-electron chi connectivity index (χ4n) is 3.26. The minimum absolute atomic E-state index is 0.0125. The summed E-state index contributed by atoms with van der Waals surface area (Å²) in [6.45, 7) is 3.60. The number of unbranched alkanes of at least 4 members (excludes halogenated alkanes) is 14. The molecule has 0 aromatic rings. The summed E-state index contributed by atoms with van der Waals surface area (Å²) in [6.07, 6.45) is 19.8. The zero-order chi connectivity index (χ0) is 21.7. The largest absolute Gasteiger partial charge is 0.478 e. The Morgan fingerprint density at radius 2 is 1.17 bits per heavy atom. The molecule has 0 fully saturated rings. The molecular weight excluding hydrogens is 386 g/mol. The van der Waals surface area contributed by atoms with Gasteiger partial charge in [0.1, 0.15) is 0 Å². The first-order chi connectivity index (χ1) is 14.0. The van der Waals surface area contributed by atoms with Gasteiger partial charge in [0.15, 0.2) is 0 Å². The summed E-state index contributed by atoms with van der Waals surface area (Å²) in [6, 6.07) is 0. The number of carbonyl (C=O) groups is 2. The highest BCUT2D eigenvalue weighted by Crippen LogP contribution is 2.17. The Bertz CT molecular complexity index is 491. The normalized spacial score (nSPS) is 11.9. The lowest BCUT2D eigenvalue weighted by molar-refractivity contribution is -0.133. The van der Waals surface area contributed by atoms with E-state index in [1.807, 2.05) is 0 Å². The van der Waals surface area contributed by atoms with Gasteiger partial charge in [0, 0.05) is 22.1 Å². The number of hydrogen-bond donors (Lipinski definition) is 1. The van der Waals surface area contributed by atoms with Crippen molar-refractivity contribution in [1.82, 2.24) is 0 Å². The molecule has 0 bridgehead atoms. The van der Waals surface area contributed by atoms with Gasteiger partial charge in [-0.15, -0.1) is 4.91 Å². The van der Waals surface area contributed by atoms with Gasteiger partial charge in [0.05, 0.1) is 0 Å². The molecule has 0 spiro atoms. The van der Waals surface area contributed by atoms with Crippen LogP contribution in [0.5, 0.6) is 0 Å². The van der Waals surface area contributed by atoms with E-state index in [1.54, 1.807) is 0 Å². The fraction of sp³-hybridized carbons (Fsp3) is 0.826. The lowest BCUT2D eigenvalue weighted by Gasteiger charge is -2.06. The fourth-order valence-corrected chi connectivity index (χ4v) is 4.36. The van der Waals surface area contributed by atoms with E-state index < -0.39 is 11.9 Å². The van der Waals surface area contributed by atoms with Crippen molar-refractivity contribution in [2.45, 2.75) is 110 Å². The summed E-state index contributed by atoms with van der Waals surface area (Å²) in [5, 5.41) is 11.3. The second-order valence-electron chi connectivity index (χ2n) is 7.81. The van der Waals surface area contributed by atoms with Crippen molar-refractivity contribution in [2.75, 3.05) is 11.5 Å². The van der Waals surface area contributed by atoms with Crippen molar-refractivity contribution < 1.29 is 14.7 Å². The SMILES string of the molecule is CCCCCCCCCCCCCCCCCSC/C(C(=O)N=O)=C(\C)C(=O)O. The van der Waals surface area contributed by atoms with Gasteiger partial charge in [-0.25, -0.2) is 4.79 Å². The summed E-state index contributed by atoms with van der Waals surface area (Å²) in [4.78, 5) is 32.8. The van der Waals surface area contributed by atoms with Gasteiger partial charge in [-0.2, -0.15) is 11.8 Å². The average Bonchev–Trinajstić information content (AvgIpc) is 2.72.